The average molecular weight is 696 g/mol. The summed E-state index contributed by atoms with van der Waals surface area (Å²) in [5, 5.41) is 22.8. The summed E-state index contributed by atoms with van der Waals surface area (Å²) in [6.07, 6.45) is 9.01. The van der Waals surface area contributed by atoms with Crippen molar-refractivity contribution in [1.29, 1.82) is 0 Å². The Morgan fingerprint density at radius 2 is 1.92 bits per heavy atom. The van der Waals surface area contributed by atoms with Gasteiger partial charge < -0.3 is 29.9 Å². The summed E-state index contributed by atoms with van der Waals surface area (Å²) in [5.41, 5.74) is 3.68. The van der Waals surface area contributed by atoms with E-state index in [1.165, 1.54) is 6.92 Å². The lowest BCUT2D eigenvalue weighted by Crippen LogP contribution is -2.43. The summed E-state index contributed by atoms with van der Waals surface area (Å²) in [7, 11) is 0. The summed E-state index contributed by atoms with van der Waals surface area (Å²) < 4.78 is 12.9. The third-order valence-corrected chi connectivity index (χ3v) is 10.1. The van der Waals surface area contributed by atoms with Gasteiger partial charge in [0.05, 0.1) is 18.3 Å². The molecule has 1 heterocycles. The first-order valence-electron chi connectivity index (χ1n) is 16.9. The number of para-hydroxylation sites is 1. The highest BCUT2D eigenvalue weighted by Crippen LogP contribution is 2.53. The Bertz CT molecular complexity index is 1530. The Balaban J connectivity index is 1.18. The third-order valence-electron chi connectivity index (χ3n) is 8.61. The van der Waals surface area contributed by atoms with Gasteiger partial charge in [-0.15, -0.1) is 11.8 Å². The van der Waals surface area contributed by atoms with Gasteiger partial charge in [0, 0.05) is 66.6 Å². The van der Waals surface area contributed by atoms with Crippen LogP contribution >= 0.6 is 23.4 Å². The van der Waals surface area contributed by atoms with Gasteiger partial charge in [0.2, 0.25) is 5.91 Å². The molecule has 11 heteroatoms. The molecule has 258 valence electrons. The van der Waals surface area contributed by atoms with Gasteiger partial charge in [-0.05, 0) is 98.6 Å². The van der Waals surface area contributed by atoms with Gasteiger partial charge >= 0.3 is 0 Å². The van der Waals surface area contributed by atoms with Crippen molar-refractivity contribution >= 4 is 35.2 Å². The second-order valence-corrected chi connectivity index (χ2v) is 14.1. The van der Waals surface area contributed by atoms with Crippen molar-refractivity contribution < 1.29 is 29.3 Å². The van der Waals surface area contributed by atoms with Crippen molar-refractivity contribution in [2.75, 3.05) is 32.0 Å². The SMILES string of the molecule is CC(=O)NCCN(CCCSc1ccc(Cl)c(COC2(c3cnccc3-c3ccccc3OC3CC3)CC2)c1)C(=O)C(O)CCCCO. The fraction of sp³-hybridized carbons (Fsp3) is 0.486. The summed E-state index contributed by atoms with van der Waals surface area (Å²) >= 11 is 8.32. The van der Waals surface area contributed by atoms with Gasteiger partial charge in [0.25, 0.3) is 5.91 Å². The Labute approximate surface area is 292 Å². The molecule has 2 amide bonds. The molecule has 2 aliphatic carbocycles. The number of nitrogens with zero attached hydrogens (tertiary/aromatic N) is 2. The Kier molecular flexibility index (Phi) is 13.2. The molecular formula is C37H46ClN3O6S. The molecule has 3 aromatic rings. The van der Waals surface area contributed by atoms with Crippen LogP contribution in [-0.2, 0) is 26.5 Å². The van der Waals surface area contributed by atoms with Crippen LogP contribution in [0.5, 0.6) is 5.75 Å². The van der Waals surface area contributed by atoms with E-state index in [9.17, 15) is 14.7 Å². The minimum absolute atomic E-state index is 0.0282. The minimum Gasteiger partial charge on any atom is -0.490 e. The van der Waals surface area contributed by atoms with Crippen molar-refractivity contribution in [3.8, 4) is 16.9 Å². The number of aliphatic hydroxyl groups is 2. The van der Waals surface area contributed by atoms with E-state index in [4.69, 9.17) is 26.2 Å². The lowest BCUT2D eigenvalue weighted by molar-refractivity contribution is -0.140. The lowest BCUT2D eigenvalue weighted by Gasteiger charge is -2.25. The van der Waals surface area contributed by atoms with Crippen molar-refractivity contribution in [1.82, 2.24) is 15.2 Å². The molecule has 0 aliphatic heterocycles. The number of benzene rings is 2. The number of rotatable bonds is 20. The molecule has 0 radical (unpaired) electrons. The zero-order valence-electron chi connectivity index (χ0n) is 27.5. The number of ether oxygens (including phenoxy) is 2. The highest BCUT2D eigenvalue weighted by Gasteiger charge is 2.47. The molecule has 2 aromatic carbocycles. The van der Waals surface area contributed by atoms with Gasteiger partial charge in [-0.3, -0.25) is 14.6 Å². The van der Waals surface area contributed by atoms with Gasteiger partial charge in [0.1, 0.15) is 11.9 Å². The summed E-state index contributed by atoms with van der Waals surface area (Å²) in [6.45, 7) is 2.92. The quantitative estimate of drug-likeness (QED) is 0.0956. The van der Waals surface area contributed by atoms with Crippen molar-refractivity contribution in [3.05, 3.63) is 77.1 Å². The molecule has 1 aromatic heterocycles. The molecule has 48 heavy (non-hydrogen) atoms. The van der Waals surface area contributed by atoms with Crippen LogP contribution in [-0.4, -0.2) is 76.1 Å². The van der Waals surface area contributed by atoms with E-state index in [-0.39, 0.29) is 18.4 Å². The molecule has 0 bridgehead atoms. The molecule has 1 unspecified atom stereocenters. The van der Waals surface area contributed by atoms with Gasteiger partial charge in [-0.1, -0.05) is 29.8 Å². The number of amides is 2. The number of carbonyl (C=O) groups is 2. The number of aliphatic hydroxyl groups excluding tert-OH is 2. The predicted molar refractivity (Wildman–Crippen MR) is 188 cm³/mol. The van der Waals surface area contributed by atoms with Gasteiger partial charge in [-0.2, -0.15) is 0 Å². The fourth-order valence-corrected chi connectivity index (χ4v) is 6.72. The summed E-state index contributed by atoms with van der Waals surface area (Å²) in [4.78, 5) is 31.4. The van der Waals surface area contributed by atoms with E-state index in [0.717, 1.165) is 64.3 Å². The summed E-state index contributed by atoms with van der Waals surface area (Å²) in [5.74, 6) is 1.13. The maximum absolute atomic E-state index is 12.9. The van der Waals surface area contributed by atoms with Gasteiger partial charge in [-0.25, -0.2) is 0 Å². The first-order valence-corrected chi connectivity index (χ1v) is 18.2. The number of halogens is 1. The topological polar surface area (TPSA) is 121 Å². The number of unbranched alkanes of at least 4 members (excludes halogenated alkanes) is 1. The first-order chi connectivity index (χ1) is 23.3. The van der Waals surface area contributed by atoms with Crippen LogP contribution in [0.1, 0.15) is 69.4 Å². The van der Waals surface area contributed by atoms with E-state index in [1.807, 2.05) is 48.8 Å². The number of hydrogen-bond donors (Lipinski definition) is 3. The molecule has 3 N–H and O–H groups in total. The maximum Gasteiger partial charge on any atom is 0.251 e. The largest absolute Gasteiger partial charge is 0.490 e. The number of thioether (sulfide) groups is 1. The highest BCUT2D eigenvalue weighted by atomic mass is 35.5. The average Bonchev–Trinajstić information content (AvgIpc) is 4.03. The molecule has 2 aliphatic rings. The standard InChI is InChI=1S/C37H46ClN3O6S/c1-26(43)40-18-20-41(36(45)34(44)8-4-5-21-42)19-6-22-48-29-12-13-33(38)27(23-29)25-46-37(15-16-37)32-24-39-17-14-30(32)31-7-2-3-9-35(31)47-28-10-11-28/h2-3,7,9,12-14,17,23-24,28,34,42,44H,4-6,8,10-11,15-16,18-22,25H2,1H3,(H,40,43). The first kappa shape index (κ1) is 36.1. The van der Waals surface area contributed by atoms with Crippen molar-refractivity contribution in [3.63, 3.8) is 0 Å². The normalized spacial score (nSPS) is 15.5. The van der Waals surface area contributed by atoms with Crippen LogP contribution in [0, 0.1) is 0 Å². The van der Waals surface area contributed by atoms with E-state index < -0.39 is 11.7 Å². The number of hydrogen-bond acceptors (Lipinski definition) is 8. The number of pyridine rings is 1. The number of nitrogens with one attached hydrogen (secondary N) is 1. The van der Waals surface area contributed by atoms with Gasteiger partial charge in [0.15, 0.2) is 0 Å². The smallest absolute Gasteiger partial charge is 0.251 e. The molecule has 9 nitrogen and oxygen atoms in total. The molecule has 1 atom stereocenters. The molecular weight excluding hydrogens is 650 g/mol. The molecule has 0 saturated heterocycles. The lowest BCUT2D eigenvalue weighted by atomic mass is 9.96. The van der Waals surface area contributed by atoms with E-state index in [0.29, 0.717) is 63.1 Å². The van der Waals surface area contributed by atoms with Crippen molar-refractivity contribution in [2.24, 2.45) is 0 Å². The van der Waals surface area contributed by atoms with Crippen LogP contribution in [0.15, 0.2) is 65.8 Å². The number of carbonyl (C=O) groups excluding carboxylic acids is 2. The summed E-state index contributed by atoms with van der Waals surface area (Å²) in [6, 6.07) is 16.2. The predicted octanol–water partition coefficient (Wildman–Crippen LogP) is 6.12. The number of aromatic nitrogens is 1. The van der Waals surface area contributed by atoms with Crippen molar-refractivity contribution in [2.45, 2.75) is 87.6 Å². The fourth-order valence-electron chi connectivity index (χ4n) is 5.65. The Morgan fingerprint density at radius 3 is 2.67 bits per heavy atom. The monoisotopic (exact) mass is 695 g/mol. The van der Waals surface area contributed by atoms with E-state index >= 15 is 0 Å². The second-order valence-electron chi connectivity index (χ2n) is 12.5. The molecule has 0 spiro atoms. The van der Waals surface area contributed by atoms with E-state index in [1.54, 1.807) is 16.7 Å². The van der Waals surface area contributed by atoms with Crippen LogP contribution in [0.4, 0.5) is 0 Å². The minimum atomic E-state index is -1.12. The van der Waals surface area contributed by atoms with E-state index in [2.05, 4.69) is 22.4 Å². The Morgan fingerprint density at radius 1 is 1.10 bits per heavy atom. The zero-order valence-corrected chi connectivity index (χ0v) is 29.1. The second kappa shape index (κ2) is 17.5. The van der Waals surface area contributed by atoms with Crippen LogP contribution in [0.2, 0.25) is 5.02 Å². The van der Waals surface area contributed by atoms with Crippen LogP contribution in [0.3, 0.4) is 0 Å². The Hall–Kier alpha value is -3.15. The molecule has 2 fully saturated rings. The van der Waals surface area contributed by atoms with Crippen LogP contribution < -0.4 is 10.1 Å². The molecule has 2 saturated carbocycles. The third kappa shape index (κ3) is 10.2. The highest BCUT2D eigenvalue weighted by molar-refractivity contribution is 7.99. The molecule has 5 rings (SSSR count). The maximum atomic E-state index is 12.9. The zero-order chi connectivity index (χ0) is 33.9. The van der Waals surface area contributed by atoms with Crippen LogP contribution in [0.25, 0.3) is 11.1 Å².